The minimum atomic E-state index is -0.253. The fraction of sp³-hybridized carbons (Fsp3) is 0.250. The second-order valence-corrected chi connectivity index (χ2v) is 9.90. The van der Waals surface area contributed by atoms with Gasteiger partial charge in [0.15, 0.2) is 16.5 Å². The Morgan fingerprint density at radius 2 is 1.97 bits per heavy atom. The van der Waals surface area contributed by atoms with Crippen LogP contribution in [0.1, 0.15) is 21.7 Å². The van der Waals surface area contributed by atoms with Gasteiger partial charge in [0.1, 0.15) is 0 Å². The van der Waals surface area contributed by atoms with Gasteiger partial charge in [0.05, 0.1) is 10.2 Å². The largest absolute Gasteiger partial charge is 0.448 e. The van der Waals surface area contributed by atoms with E-state index in [1.165, 1.54) is 17.1 Å². The first kappa shape index (κ1) is 20.3. The van der Waals surface area contributed by atoms with Gasteiger partial charge in [-0.15, -0.1) is 11.3 Å². The molecule has 0 saturated carbocycles. The van der Waals surface area contributed by atoms with Crippen molar-refractivity contribution in [2.75, 3.05) is 29.9 Å². The Balaban J connectivity index is 1.28. The lowest BCUT2D eigenvalue weighted by atomic mass is 10.1. The van der Waals surface area contributed by atoms with Gasteiger partial charge in [-0.05, 0) is 48.4 Å². The third-order valence-electron chi connectivity index (χ3n) is 5.38. The van der Waals surface area contributed by atoms with E-state index in [1.54, 1.807) is 23.5 Å². The number of nitrogens with zero attached hydrogens (tertiary/aromatic N) is 2. The third-order valence-corrected chi connectivity index (χ3v) is 7.38. The van der Waals surface area contributed by atoms with E-state index in [0.717, 1.165) is 46.1 Å². The zero-order chi connectivity index (χ0) is 21.2. The number of hydrogen-bond acceptors (Lipinski definition) is 6. The molecule has 4 aromatic rings. The highest BCUT2D eigenvalue weighted by molar-refractivity contribution is 7.99. The summed E-state index contributed by atoms with van der Waals surface area (Å²) in [6.45, 7) is 5.26. The van der Waals surface area contributed by atoms with Gasteiger partial charge in [-0.1, -0.05) is 24.3 Å². The van der Waals surface area contributed by atoms with Crippen LogP contribution >= 0.6 is 23.1 Å². The minimum absolute atomic E-state index is 0.253. The highest BCUT2D eigenvalue weighted by Crippen LogP contribution is 2.31. The molecule has 158 valence electrons. The van der Waals surface area contributed by atoms with E-state index < -0.39 is 0 Å². The van der Waals surface area contributed by atoms with Crippen molar-refractivity contribution in [1.82, 2.24) is 9.88 Å². The monoisotopic (exact) mass is 449 g/mol. The maximum absolute atomic E-state index is 12.8. The smallest absolute Gasteiger partial charge is 0.291 e. The quantitative estimate of drug-likeness (QED) is 0.426. The van der Waals surface area contributed by atoms with Crippen molar-refractivity contribution in [2.45, 2.75) is 13.5 Å². The highest BCUT2D eigenvalue weighted by atomic mass is 32.2. The summed E-state index contributed by atoms with van der Waals surface area (Å²) in [6.07, 6.45) is 0. The van der Waals surface area contributed by atoms with E-state index in [-0.39, 0.29) is 11.7 Å². The first-order valence-corrected chi connectivity index (χ1v) is 12.3. The molecule has 31 heavy (non-hydrogen) atoms. The van der Waals surface area contributed by atoms with Crippen LogP contribution in [-0.2, 0) is 6.54 Å². The molecule has 1 N–H and O–H groups in total. The average Bonchev–Trinajstić information content (AvgIpc) is 3.43. The first-order valence-electron chi connectivity index (χ1n) is 10.3. The van der Waals surface area contributed by atoms with E-state index in [4.69, 9.17) is 4.42 Å². The number of anilines is 1. The summed E-state index contributed by atoms with van der Waals surface area (Å²) in [7, 11) is 0. The Morgan fingerprint density at radius 1 is 1.13 bits per heavy atom. The number of carbonyl (C=O) groups is 1. The summed E-state index contributed by atoms with van der Waals surface area (Å²) in [6, 6.07) is 17.7. The predicted molar refractivity (Wildman–Crippen MR) is 129 cm³/mol. The minimum Gasteiger partial charge on any atom is -0.448 e. The van der Waals surface area contributed by atoms with Crippen LogP contribution in [0.3, 0.4) is 0 Å². The molecule has 7 heteroatoms. The van der Waals surface area contributed by atoms with Crippen LogP contribution in [0.2, 0.25) is 0 Å². The molecule has 3 heterocycles. The summed E-state index contributed by atoms with van der Waals surface area (Å²) in [5.41, 5.74) is 4.07. The van der Waals surface area contributed by atoms with E-state index >= 15 is 0 Å². The third kappa shape index (κ3) is 4.54. The van der Waals surface area contributed by atoms with Crippen LogP contribution in [0.5, 0.6) is 0 Å². The van der Waals surface area contributed by atoms with Crippen molar-refractivity contribution in [3.05, 3.63) is 71.5 Å². The number of fused-ring (bicyclic) bond motifs is 1. The molecule has 0 bridgehead atoms. The zero-order valence-corrected chi connectivity index (χ0v) is 18.9. The van der Waals surface area contributed by atoms with Crippen LogP contribution in [-0.4, -0.2) is 40.4 Å². The van der Waals surface area contributed by atoms with Crippen molar-refractivity contribution in [3.63, 3.8) is 0 Å². The predicted octanol–water partition coefficient (Wildman–Crippen LogP) is 5.67. The highest BCUT2D eigenvalue weighted by Gasteiger charge is 2.16. The van der Waals surface area contributed by atoms with Gasteiger partial charge < -0.3 is 9.73 Å². The van der Waals surface area contributed by atoms with Crippen LogP contribution in [0.25, 0.3) is 21.0 Å². The summed E-state index contributed by atoms with van der Waals surface area (Å²) >= 11 is 3.58. The summed E-state index contributed by atoms with van der Waals surface area (Å²) in [4.78, 5) is 19.8. The average molecular weight is 450 g/mol. The Labute approximate surface area is 189 Å². The number of para-hydroxylation sites is 1. The molecule has 5 rings (SSSR count). The van der Waals surface area contributed by atoms with Crippen molar-refractivity contribution in [1.29, 1.82) is 0 Å². The molecule has 1 amide bonds. The van der Waals surface area contributed by atoms with E-state index in [9.17, 15) is 4.79 Å². The van der Waals surface area contributed by atoms with Gasteiger partial charge in [0, 0.05) is 36.8 Å². The van der Waals surface area contributed by atoms with Gasteiger partial charge in [-0.3, -0.25) is 9.69 Å². The lowest BCUT2D eigenvalue weighted by Crippen LogP contribution is -2.31. The molecule has 1 fully saturated rings. The molecule has 0 unspecified atom stereocenters. The molecule has 0 spiro atoms. The Bertz CT molecular complexity index is 1190. The standard InChI is InChI=1S/C24H23N3O2S2/c1-16-14-17(15-27-10-12-30-13-11-27)6-7-18(16)25-23(28)20-8-9-21(29-20)24-26-19-4-2-3-5-22(19)31-24/h2-9,14H,10-13,15H2,1H3,(H,25,28). The van der Waals surface area contributed by atoms with Crippen LogP contribution < -0.4 is 5.32 Å². The molecule has 0 radical (unpaired) electrons. The first-order chi connectivity index (χ1) is 15.2. The molecule has 0 atom stereocenters. The molecule has 1 aliphatic rings. The molecular formula is C24H23N3O2S2. The summed E-state index contributed by atoms with van der Waals surface area (Å²) in [5, 5.41) is 3.76. The van der Waals surface area contributed by atoms with E-state index in [0.29, 0.717) is 5.76 Å². The fourth-order valence-electron chi connectivity index (χ4n) is 3.72. The number of amides is 1. The molecule has 1 saturated heterocycles. The number of aromatic nitrogens is 1. The van der Waals surface area contributed by atoms with E-state index in [1.807, 2.05) is 49.0 Å². The number of benzene rings is 2. The fourth-order valence-corrected chi connectivity index (χ4v) is 5.62. The second kappa shape index (κ2) is 8.86. The molecule has 1 aliphatic heterocycles. The maximum atomic E-state index is 12.8. The van der Waals surface area contributed by atoms with Crippen LogP contribution in [0.4, 0.5) is 5.69 Å². The van der Waals surface area contributed by atoms with Gasteiger partial charge in [-0.2, -0.15) is 11.8 Å². The number of thiazole rings is 1. The van der Waals surface area contributed by atoms with Gasteiger partial charge in [-0.25, -0.2) is 4.98 Å². The normalized spacial score (nSPS) is 14.7. The molecule has 2 aromatic heterocycles. The Kier molecular flexibility index (Phi) is 5.80. The van der Waals surface area contributed by atoms with Gasteiger partial charge in [0.2, 0.25) is 0 Å². The zero-order valence-electron chi connectivity index (χ0n) is 17.3. The number of rotatable bonds is 5. The molecule has 2 aromatic carbocycles. The number of nitrogens with one attached hydrogen (secondary N) is 1. The lowest BCUT2D eigenvalue weighted by molar-refractivity contribution is 0.0997. The topological polar surface area (TPSA) is 58.4 Å². The van der Waals surface area contributed by atoms with Crippen molar-refractivity contribution >= 4 is 44.9 Å². The van der Waals surface area contributed by atoms with Crippen molar-refractivity contribution < 1.29 is 9.21 Å². The number of thioether (sulfide) groups is 1. The lowest BCUT2D eigenvalue weighted by Gasteiger charge is -2.26. The molecule has 5 nitrogen and oxygen atoms in total. The summed E-state index contributed by atoms with van der Waals surface area (Å²) < 4.78 is 6.92. The van der Waals surface area contributed by atoms with Crippen molar-refractivity contribution in [2.24, 2.45) is 0 Å². The number of hydrogen-bond donors (Lipinski definition) is 1. The molecule has 0 aliphatic carbocycles. The van der Waals surface area contributed by atoms with Crippen molar-refractivity contribution in [3.8, 4) is 10.8 Å². The number of furan rings is 1. The van der Waals surface area contributed by atoms with Gasteiger partial charge >= 0.3 is 0 Å². The Hall–Kier alpha value is -2.61. The van der Waals surface area contributed by atoms with E-state index in [2.05, 4.69) is 27.3 Å². The number of aryl methyl sites for hydroxylation is 1. The SMILES string of the molecule is Cc1cc(CN2CCSCC2)ccc1NC(=O)c1ccc(-c2nc3ccccc3s2)o1. The van der Waals surface area contributed by atoms with Gasteiger partial charge in [0.25, 0.3) is 5.91 Å². The van der Waals surface area contributed by atoms with Crippen LogP contribution in [0, 0.1) is 6.92 Å². The second-order valence-electron chi connectivity index (χ2n) is 7.64. The molecular weight excluding hydrogens is 426 g/mol. The Morgan fingerprint density at radius 3 is 2.77 bits per heavy atom. The van der Waals surface area contributed by atoms with Crippen LogP contribution in [0.15, 0.2) is 59.0 Å². The summed E-state index contributed by atoms with van der Waals surface area (Å²) in [5.74, 6) is 3.04. The maximum Gasteiger partial charge on any atom is 0.291 e. The number of carbonyl (C=O) groups excluding carboxylic acids is 1.